The van der Waals surface area contributed by atoms with E-state index in [1.807, 2.05) is 0 Å². The first-order valence-corrected chi connectivity index (χ1v) is 7.23. The van der Waals surface area contributed by atoms with Crippen LogP contribution < -0.4 is 5.32 Å². The first kappa shape index (κ1) is 17.3. The van der Waals surface area contributed by atoms with Crippen LogP contribution in [-0.2, 0) is 11.3 Å². The summed E-state index contributed by atoms with van der Waals surface area (Å²) in [6.45, 7) is -0.0528. The fourth-order valence-electron chi connectivity index (χ4n) is 1.81. The molecule has 2 N–H and O–H groups in total. The second-order valence-corrected chi connectivity index (χ2v) is 5.28. The van der Waals surface area contributed by atoms with Gasteiger partial charge in [0, 0.05) is 6.20 Å². The normalized spacial score (nSPS) is 10.0. The molecule has 0 aliphatic heterocycles. The zero-order valence-corrected chi connectivity index (χ0v) is 13.5. The Morgan fingerprint density at radius 2 is 2.00 bits per heavy atom. The van der Waals surface area contributed by atoms with Crippen LogP contribution >= 0.6 is 15.9 Å². The fourth-order valence-corrected chi connectivity index (χ4v) is 2.27. The van der Waals surface area contributed by atoms with Crippen molar-refractivity contribution in [2.45, 2.75) is 6.61 Å². The highest BCUT2D eigenvalue weighted by atomic mass is 79.9. The van der Waals surface area contributed by atoms with Gasteiger partial charge < -0.3 is 9.84 Å². The molecule has 10 heteroatoms. The van der Waals surface area contributed by atoms with Crippen LogP contribution in [0, 0.1) is 10.1 Å². The van der Waals surface area contributed by atoms with E-state index in [1.165, 1.54) is 0 Å². The first-order valence-electron chi connectivity index (χ1n) is 6.44. The molecule has 0 spiro atoms. The van der Waals surface area contributed by atoms with Crippen LogP contribution in [0.3, 0.4) is 0 Å². The quantitative estimate of drug-likeness (QED) is 0.586. The highest BCUT2D eigenvalue weighted by Gasteiger charge is 2.30. The average Bonchev–Trinajstić information content (AvgIpc) is 2.54. The number of nitrogens with one attached hydrogen (secondary N) is 1. The van der Waals surface area contributed by atoms with Crippen molar-refractivity contribution in [3.05, 3.63) is 62.2 Å². The summed E-state index contributed by atoms with van der Waals surface area (Å²) < 4.78 is 4.85. The highest BCUT2D eigenvalue weighted by Crippen LogP contribution is 2.32. The van der Waals surface area contributed by atoms with Gasteiger partial charge in [0.15, 0.2) is 5.56 Å². The molecule has 0 aliphatic rings. The number of benzene rings is 1. The Kier molecular flexibility index (Phi) is 5.42. The lowest BCUT2D eigenvalue weighted by Gasteiger charge is -2.09. The van der Waals surface area contributed by atoms with Gasteiger partial charge in [-0.1, -0.05) is 30.3 Å². The lowest BCUT2D eigenvalue weighted by Crippen LogP contribution is -2.17. The molecule has 124 valence electrons. The van der Waals surface area contributed by atoms with E-state index < -0.39 is 34.1 Å². The number of anilines is 1. The SMILES string of the molecule is O=C(Nc1ncc(Br)c(C(=O)O)c1[N+](=O)[O-])OCc1ccccc1. The number of nitro groups is 1. The number of carboxylic acid groups (broad SMARTS) is 1. The zero-order valence-electron chi connectivity index (χ0n) is 11.9. The van der Waals surface area contributed by atoms with Crippen molar-refractivity contribution in [3.8, 4) is 0 Å². The van der Waals surface area contributed by atoms with Crippen molar-refractivity contribution in [1.82, 2.24) is 4.98 Å². The van der Waals surface area contributed by atoms with E-state index in [1.54, 1.807) is 30.3 Å². The van der Waals surface area contributed by atoms with E-state index in [0.29, 0.717) is 0 Å². The first-order chi connectivity index (χ1) is 11.4. The number of hydrogen-bond acceptors (Lipinski definition) is 6. The van der Waals surface area contributed by atoms with E-state index in [-0.39, 0.29) is 11.1 Å². The number of halogens is 1. The topological polar surface area (TPSA) is 132 Å². The Labute approximate surface area is 143 Å². The monoisotopic (exact) mass is 395 g/mol. The Morgan fingerprint density at radius 3 is 2.58 bits per heavy atom. The van der Waals surface area contributed by atoms with E-state index in [2.05, 4.69) is 26.2 Å². The number of aromatic carboxylic acids is 1. The number of carbonyl (C=O) groups is 2. The number of ether oxygens (including phenoxy) is 1. The van der Waals surface area contributed by atoms with Gasteiger partial charge in [0.25, 0.3) is 0 Å². The van der Waals surface area contributed by atoms with Crippen molar-refractivity contribution in [3.63, 3.8) is 0 Å². The number of aromatic nitrogens is 1. The lowest BCUT2D eigenvalue weighted by molar-refractivity contribution is -0.384. The molecule has 0 fully saturated rings. The van der Waals surface area contributed by atoms with Gasteiger partial charge in [0.2, 0.25) is 5.82 Å². The summed E-state index contributed by atoms with van der Waals surface area (Å²) in [6.07, 6.45) is 0.0524. The molecule has 0 saturated heterocycles. The van der Waals surface area contributed by atoms with Crippen LogP contribution in [0.25, 0.3) is 0 Å². The van der Waals surface area contributed by atoms with Gasteiger partial charge in [-0.2, -0.15) is 0 Å². The molecule has 24 heavy (non-hydrogen) atoms. The molecule has 0 radical (unpaired) electrons. The summed E-state index contributed by atoms with van der Waals surface area (Å²) >= 11 is 2.89. The van der Waals surface area contributed by atoms with Gasteiger partial charge in [-0.15, -0.1) is 0 Å². The van der Waals surface area contributed by atoms with E-state index in [9.17, 15) is 19.7 Å². The summed E-state index contributed by atoms with van der Waals surface area (Å²) in [7, 11) is 0. The predicted octanol–water partition coefficient (Wildman–Crippen LogP) is 3.20. The Hall–Kier alpha value is -3.01. The second kappa shape index (κ2) is 7.51. The molecule has 9 nitrogen and oxygen atoms in total. The molecule has 0 atom stereocenters. The van der Waals surface area contributed by atoms with Gasteiger partial charge >= 0.3 is 17.7 Å². The summed E-state index contributed by atoms with van der Waals surface area (Å²) in [5.41, 5.74) is -0.737. The molecule has 2 rings (SSSR count). The van der Waals surface area contributed by atoms with Crippen molar-refractivity contribution in [1.29, 1.82) is 0 Å². The smallest absolute Gasteiger partial charge is 0.413 e. The van der Waals surface area contributed by atoms with Gasteiger partial charge in [-0.3, -0.25) is 15.4 Å². The maximum absolute atomic E-state index is 11.8. The van der Waals surface area contributed by atoms with Gasteiger partial charge in [-0.25, -0.2) is 14.6 Å². The number of pyridine rings is 1. The highest BCUT2D eigenvalue weighted by molar-refractivity contribution is 9.10. The van der Waals surface area contributed by atoms with Crippen LogP contribution in [0.1, 0.15) is 15.9 Å². The van der Waals surface area contributed by atoms with Crippen molar-refractivity contribution in [2.75, 3.05) is 5.32 Å². The van der Waals surface area contributed by atoms with E-state index in [4.69, 9.17) is 9.84 Å². The predicted molar refractivity (Wildman–Crippen MR) is 85.8 cm³/mol. The van der Waals surface area contributed by atoms with Gasteiger partial charge in [-0.05, 0) is 21.5 Å². The molecule has 1 aromatic heterocycles. The molecule has 1 heterocycles. The number of nitrogens with zero attached hydrogens (tertiary/aromatic N) is 2. The summed E-state index contributed by atoms with van der Waals surface area (Å²) in [5.74, 6) is -2.05. The lowest BCUT2D eigenvalue weighted by atomic mass is 10.2. The molecule has 0 aliphatic carbocycles. The van der Waals surface area contributed by atoms with Crippen LogP contribution in [0.2, 0.25) is 0 Å². The number of rotatable bonds is 5. The molecule has 0 unspecified atom stereocenters. The van der Waals surface area contributed by atoms with Gasteiger partial charge in [0.05, 0.1) is 9.40 Å². The molecule has 1 aromatic carbocycles. The summed E-state index contributed by atoms with van der Waals surface area (Å²) in [5, 5.41) is 22.3. The minimum atomic E-state index is -1.53. The standard InChI is InChI=1S/C14H10BrN3O6/c15-9-6-16-12(11(18(22)23)10(9)13(19)20)17-14(21)24-7-8-4-2-1-3-5-8/h1-6H,7H2,(H,19,20)(H,16,17,21). The van der Waals surface area contributed by atoms with Crippen LogP contribution in [-0.4, -0.2) is 27.1 Å². The largest absolute Gasteiger partial charge is 0.477 e. The van der Waals surface area contributed by atoms with Crippen LogP contribution in [0.15, 0.2) is 41.0 Å². The number of amides is 1. The molecular formula is C14H10BrN3O6. The van der Waals surface area contributed by atoms with Crippen LogP contribution in [0.4, 0.5) is 16.3 Å². The molecular weight excluding hydrogens is 386 g/mol. The minimum absolute atomic E-state index is 0.0528. The third-order valence-electron chi connectivity index (χ3n) is 2.84. The number of carboxylic acids is 1. The molecule has 0 saturated carbocycles. The number of hydrogen-bond donors (Lipinski definition) is 2. The van der Waals surface area contributed by atoms with Crippen molar-refractivity contribution < 1.29 is 24.4 Å². The maximum atomic E-state index is 11.8. The molecule has 1 amide bonds. The Bertz CT molecular complexity index is 797. The van der Waals surface area contributed by atoms with E-state index in [0.717, 1.165) is 11.8 Å². The maximum Gasteiger partial charge on any atom is 0.413 e. The molecule has 0 bridgehead atoms. The van der Waals surface area contributed by atoms with E-state index >= 15 is 0 Å². The Balaban J connectivity index is 2.20. The summed E-state index contributed by atoms with van der Waals surface area (Å²) in [6, 6.07) is 8.78. The third-order valence-corrected chi connectivity index (χ3v) is 3.44. The van der Waals surface area contributed by atoms with Crippen molar-refractivity contribution in [2.24, 2.45) is 0 Å². The third kappa shape index (κ3) is 4.04. The Morgan fingerprint density at radius 1 is 1.33 bits per heavy atom. The van der Waals surface area contributed by atoms with Crippen LogP contribution in [0.5, 0.6) is 0 Å². The summed E-state index contributed by atoms with van der Waals surface area (Å²) in [4.78, 5) is 36.8. The second-order valence-electron chi connectivity index (χ2n) is 4.43. The van der Waals surface area contributed by atoms with Gasteiger partial charge in [0.1, 0.15) is 6.61 Å². The fraction of sp³-hybridized carbons (Fsp3) is 0.0714. The average molecular weight is 396 g/mol. The van der Waals surface area contributed by atoms with Crippen molar-refractivity contribution >= 4 is 39.5 Å². The minimum Gasteiger partial charge on any atom is -0.477 e. The number of carbonyl (C=O) groups excluding carboxylic acids is 1. The molecule has 2 aromatic rings. The zero-order chi connectivity index (χ0) is 17.7.